The van der Waals surface area contributed by atoms with Crippen molar-refractivity contribution in [3.63, 3.8) is 0 Å². The standard InChI is InChI=1S/C22H33N5O2.HI/c1-6-28-19-10-17-9-16(4)29-20(17)11-18(19)12-25-22(23-5)26-13-21-24-7-8-27(21)14-15(2)3;/h7-8,10-11,15-16H,6,9,12-14H2,1-5H3,(H2,23,25,26);1H. The van der Waals surface area contributed by atoms with Gasteiger partial charge in [0.25, 0.3) is 0 Å². The molecule has 0 spiro atoms. The zero-order valence-electron chi connectivity index (χ0n) is 18.6. The molecule has 30 heavy (non-hydrogen) atoms. The normalized spacial score (nSPS) is 15.4. The minimum atomic E-state index is 0. The Kier molecular flexibility index (Phi) is 9.26. The van der Waals surface area contributed by atoms with Crippen molar-refractivity contribution in [3.8, 4) is 11.5 Å². The molecule has 1 aliphatic heterocycles. The summed E-state index contributed by atoms with van der Waals surface area (Å²) in [5.74, 6) is 4.15. The third-order valence-corrected chi connectivity index (χ3v) is 4.83. The summed E-state index contributed by atoms with van der Waals surface area (Å²) in [6, 6.07) is 4.19. The van der Waals surface area contributed by atoms with Gasteiger partial charge >= 0.3 is 0 Å². The number of hydrogen-bond donors (Lipinski definition) is 2. The van der Waals surface area contributed by atoms with Gasteiger partial charge in [0.2, 0.25) is 0 Å². The quantitative estimate of drug-likeness (QED) is 0.311. The number of nitrogens with one attached hydrogen (secondary N) is 2. The molecule has 0 saturated carbocycles. The Bertz CT molecular complexity index is 850. The molecule has 0 fully saturated rings. The van der Waals surface area contributed by atoms with E-state index in [1.807, 2.05) is 19.3 Å². The molecule has 0 aliphatic carbocycles. The fourth-order valence-corrected chi connectivity index (χ4v) is 3.54. The van der Waals surface area contributed by atoms with E-state index in [9.17, 15) is 0 Å². The van der Waals surface area contributed by atoms with Crippen LogP contribution in [0.2, 0.25) is 0 Å². The van der Waals surface area contributed by atoms with Crippen LogP contribution in [-0.4, -0.2) is 35.3 Å². The zero-order valence-corrected chi connectivity index (χ0v) is 20.9. The van der Waals surface area contributed by atoms with Crippen molar-refractivity contribution in [1.29, 1.82) is 0 Å². The van der Waals surface area contributed by atoms with Gasteiger partial charge in [-0.1, -0.05) is 13.8 Å². The molecule has 7 nitrogen and oxygen atoms in total. The van der Waals surface area contributed by atoms with Gasteiger partial charge in [-0.15, -0.1) is 24.0 Å². The first kappa shape index (κ1) is 24.3. The van der Waals surface area contributed by atoms with Crippen LogP contribution in [-0.2, 0) is 26.1 Å². The second-order valence-electron chi connectivity index (χ2n) is 7.80. The number of halogens is 1. The van der Waals surface area contributed by atoms with Gasteiger partial charge in [0.1, 0.15) is 23.4 Å². The minimum absolute atomic E-state index is 0. The number of aromatic nitrogens is 2. The highest BCUT2D eigenvalue weighted by atomic mass is 127. The van der Waals surface area contributed by atoms with Crippen LogP contribution >= 0.6 is 24.0 Å². The summed E-state index contributed by atoms with van der Waals surface area (Å²) >= 11 is 0. The number of benzene rings is 1. The van der Waals surface area contributed by atoms with Gasteiger partial charge in [-0.2, -0.15) is 0 Å². The predicted octanol–water partition coefficient (Wildman–Crippen LogP) is 3.74. The van der Waals surface area contributed by atoms with Crippen LogP contribution < -0.4 is 20.1 Å². The number of hydrogen-bond acceptors (Lipinski definition) is 4. The Morgan fingerprint density at radius 3 is 2.80 bits per heavy atom. The summed E-state index contributed by atoms with van der Waals surface area (Å²) in [4.78, 5) is 8.80. The molecule has 1 unspecified atom stereocenters. The van der Waals surface area contributed by atoms with E-state index in [0.717, 1.165) is 41.8 Å². The Morgan fingerprint density at radius 1 is 1.33 bits per heavy atom. The third kappa shape index (κ3) is 6.26. The van der Waals surface area contributed by atoms with Crippen molar-refractivity contribution < 1.29 is 9.47 Å². The van der Waals surface area contributed by atoms with E-state index in [1.54, 1.807) is 7.05 Å². The largest absolute Gasteiger partial charge is 0.494 e. The lowest BCUT2D eigenvalue weighted by molar-refractivity contribution is 0.254. The van der Waals surface area contributed by atoms with Gasteiger partial charge in [-0.3, -0.25) is 4.99 Å². The fraction of sp³-hybridized carbons (Fsp3) is 0.545. The maximum Gasteiger partial charge on any atom is 0.191 e. The number of imidazole rings is 1. The van der Waals surface area contributed by atoms with Crippen LogP contribution in [0.1, 0.15) is 44.6 Å². The molecule has 2 heterocycles. The minimum Gasteiger partial charge on any atom is -0.494 e. The highest BCUT2D eigenvalue weighted by Crippen LogP contribution is 2.35. The van der Waals surface area contributed by atoms with E-state index in [4.69, 9.17) is 9.47 Å². The lowest BCUT2D eigenvalue weighted by Crippen LogP contribution is -2.37. The number of ether oxygens (including phenoxy) is 2. The Balaban J connectivity index is 0.00000320. The fourth-order valence-electron chi connectivity index (χ4n) is 3.54. The van der Waals surface area contributed by atoms with Crippen molar-refractivity contribution in [2.75, 3.05) is 13.7 Å². The molecule has 0 bridgehead atoms. The molecule has 3 rings (SSSR count). The molecule has 0 amide bonds. The van der Waals surface area contributed by atoms with Crippen molar-refractivity contribution in [1.82, 2.24) is 20.2 Å². The lowest BCUT2D eigenvalue weighted by Gasteiger charge is -2.16. The Hall–Kier alpha value is -1.97. The monoisotopic (exact) mass is 527 g/mol. The summed E-state index contributed by atoms with van der Waals surface area (Å²) in [6.45, 7) is 11.3. The van der Waals surface area contributed by atoms with Gasteiger partial charge in [0.05, 0.1) is 13.2 Å². The molecule has 8 heteroatoms. The van der Waals surface area contributed by atoms with Crippen LogP contribution in [0, 0.1) is 5.92 Å². The smallest absolute Gasteiger partial charge is 0.191 e. The summed E-state index contributed by atoms with van der Waals surface area (Å²) in [5, 5.41) is 6.73. The highest BCUT2D eigenvalue weighted by Gasteiger charge is 2.22. The zero-order chi connectivity index (χ0) is 20.8. The summed E-state index contributed by atoms with van der Waals surface area (Å²) in [6.07, 6.45) is 5.00. The molecule has 1 aliphatic rings. The van der Waals surface area contributed by atoms with Gasteiger partial charge in [0.15, 0.2) is 5.96 Å². The van der Waals surface area contributed by atoms with E-state index in [-0.39, 0.29) is 30.1 Å². The summed E-state index contributed by atoms with van der Waals surface area (Å²) < 4.78 is 14.0. The van der Waals surface area contributed by atoms with Crippen molar-refractivity contribution in [2.45, 2.75) is 59.9 Å². The van der Waals surface area contributed by atoms with Crippen LogP contribution in [0.3, 0.4) is 0 Å². The van der Waals surface area contributed by atoms with Crippen LogP contribution in [0.15, 0.2) is 29.5 Å². The van der Waals surface area contributed by atoms with E-state index in [2.05, 4.69) is 58.1 Å². The average molecular weight is 527 g/mol. The molecule has 0 radical (unpaired) electrons. The molecule has 2 N–H and O–H groups in total. The van der Waals surface area contributed by atoms with Crippen LogP contribution in [0.4, 0.5) is 0 Å². The third-order valence-electron chi connectivity index (χ3n) is 4.83. The average Bonchev–Trinajstić information content (AvgIpc) is 3.26. The molecule has 2 aromatic rings. The molecule has 166 valence electrons. The Morgan fingerprint density at radius 2 is 2.10 bits per heavy atom. The van der Waals surface area contributed by atoms with Gasteiger partial charge < -0.3 is 24.7 Å². The molecule has 1 atom stereocenters. The Labute approximate surface area is 196 Å². The molecule has 1 aromatic carbocycles. The molecule has 1 aromatic heterocycles. The first-order chi connectivity index (χ1) is 14.0. The van der Waals surface area contributed by atoms with E-state index < -0.39 is 0 Å². The topological polar surface area (TPSA) is 72.7 Å². The van der Waals surface area contributed by atoms with E-state index in [1.165, 1.54) is 5.56 Å². The van der Waals surface area contributed by atoms with Crippen LogP contribution in [0.5, 0.6) is 11.5 Å². The maximum absolute atomic E-state index is 5.91. The molecular formula is C22H34IN5O2. The number of guanidine groups is 1. The predicted molar refractivity (Wildman–Crippen MR) is 131 cm³/mol. The second kappa shape index (κ2) is 11.4. The molecule has 0 saturated heterocycles. The van der Waals surface area contributed by atoms with Gasteiger partial charge in [-0.05, 0) is 31.9 Å². The van der Waals surface area contributed by atoms with Crippen molar-refractivity contribution in [3.05, 3.63) is 41.5 Å². The molecular weight excluding hydrogens is 493 g/mol. The highest BCUT2D eigenvalue weighted by molar-refractivity contribution is 14.0. The van der Waals surface area contributed by atoms with Crippen molar-refractivity contribution >= 4 is 29.9 Å². The number of nitrogens with zero attached hydrogens (tertiary/aromatic N) is 3. The van der Waals surface area contributed by atoms with Gasteiger partial charge in [0, 0.05) is 50.1 Å². The number of aliphatic imine (C=N–C) groups is 1. The number of rotatable bonds is 8. The second-order valence-corrected chi connectivity index (χ2v) is 7.80. The van der Waals surface area contributed by atoms with Gasteiger partial charge in [-0.25, -0.2) is 4.98 Å². The first-order valence-corrected chi connectivity index (χ1v) is 10.4. The SMILES string of the molecule is CCOc1cc2c(cc1CNC(=NC)NCc1nccn1CC(C)C)OC(C)C2.I. The number of fused-ring (bicyclic) bond motifs is 1. The summed E-state index contributed by atoms with van der Waals surface area (Å²) in [5.41, 5.74) is 2.27. The van der Waals surface area contributed by atoms with E-state index in [0.29, 0.717) is 25.6 Å². The maximum atomic E-state index is 5.91. The first-order valence-electron chi connectivity index (χ1n) is 10.4. The summed E-state index contributed by atoms with van der Waals surface area (Å²) in [7, 11) is 1.77. The van der Waals surface area contributed by atoms with E-state index >= 15 is 0 Å². The van der Waals surface area contributed by atoms with Crippen LogP contribution in [0.25, 0.3) is 0 Å². The van der Waals surface area contributed by atoms with Crippen molar-refractivity contribution in [2.24, 2.45) is 10.9 Å². The lowest BCUT2D eigenvalue weighted by atomic mass is 10.1.